The Balaban J connectivity index is 1.57. The minimum atomic E-state index is -0.164. The molecule has 0 bridgehead atoms. The third kappa shape index (κ3) is 3.37. The van der Waals surface area contributed by atoms with Crippen LogP contribution in [0.2, 0.25) is 0 Å². The number of carbonyl (C=O) groups excluding carboxylic acids is 1. The van der Waals surface area contributed by atoms with Gasteiger partial charge < -0.3 is 0 Å². The van der Waals surface area contributed by atoms with Crippen LogP contribution in [0.25, 0.3) is 10.6 Å². The van der Waals surface area contributed by atoms with Gasteiger partial charge in [0.15, 0.2) is 0 Å². The van der Waals surface area contributed by atoms with E-state index in [0.717, 1.165) is 40.4 Å². The molecule has 0 atom stereocenters. The minimum Gasteiger partial charge on any atom is -0.296 e. The lowest BCUT2D eigenvalue weighted by Crippen LogP contribution is -2.15. The van der Waals surface area contributed by atoms with E-state index in [1.807, 2.05) is 25.1 Å². The molecule has 5 nitrogen and oxygen atoms in total. The van der Waals surface area contributed by atoms with Crippen LogP contribution in [0, 0.1) is 20.8 Å². The Labute approximate surface area is 156 Å². The molecule has 2 heterocycles. The molecule has 0 spiro atoms. The lowest BCUT2D eigenvalue weighted by atomic mass is 10.1. The standard InChI is InChI=1S/C20H20N4OS/c1-11-4-8-15(12(2)10-11)19-23-24-20(26-19)22-18(25)16-9-5-13(3)21-17(16)14-6-7-14/h4-5,8-10,14H,6-7H2,1-3H3,(H,22,24,25). The number of hydrogen-bond donors (Lipinski definition) is 1. The second kappa shape index (κ2) is 6.61. The predicted molar refractivity (Wildman–Crippen MR) is 104 cm³/mol. The molecule has 6 heteroatoms. The Hall–Kier alpha value is -2.60. The summed E-state index contributed by atoms with van der Waals surface area (Å²) in [6, 6.07) is 9.96. The number of rotatable bonds is 4. The van der Waals surface area contributed by atoms with Crippen molar-refractivity contribution >= 4 is 22.4 Å². The summed E-state index contributed by atoms with van der Waals surface area (Å²) in [4.78, 5) is 17.3. The Morgan fingerprint density at radius 1 is 1.12 bits per heavy atom. The highest BCUT2D eigenvalue weighted by Crippen LogP contribution is 2.41. The summed E-state index contributed by atoms with van der Waals surface area (Å²) < 4.78 is 0. The van der Waals surface area contributed by atoms with E-state index in [4.69, 9.17) is 0 Å². The van der Waals surface area contributed by atoms with Gasteiger partial charge in [-0.15, -0.1) is 10.2 Å². The van der Waals surface area contributed by atoms with Crippen LogP contribution in [0.3, 0.4) is 0 Å². The number of carbonyl (C=O) groups is 1. The maximum absolute atomic E-state index is 12.7. The Bertz CT molecular complexity index is 991. The fraction of sp³-hybridized carbons (Fsp3) is 0.300. The van der Waals surface area contributed by atoms with Crippen molar-refractivity contribution in [3.05, 3.63) is 58.4 Å². The third-order valence-corrected chi connectivity index (χ3v) is 5.40. The summed E-state index contributed by atoms with van der Waals surface area (Å²) in [5.41, 5.74) is 5.89. The predicted octanol–water partition coefficient (Wildman–Crippen LogP) is 4.66. The van der Waals surface area contributed by atoms with Gasteiger partial charge in [-0.05, 0) is 51.3 Å². The molecule has 1 aromatic carbocycles. The van der Waals surface area contributed by atoms with Crippen molar-refractivity contribution in [2.75, 3.05) is 5.32 Å². The molecule has 132 valence electrons. The van der Waals surface area contributed by atoms with Crippen LogP contribution in [0.1, 0.15) is 51.6 Å². The summed E-state index contributed by atoms with van der Waals surface area (Å²) >= 11 is 1.39. The van der Waals surface area contributed by atoms with Crippen LogP contribution in [0.5, 0.6) is 0 Å². The quantitative estimate of drug-likeness (QED) is 0.731. The highest BCUT2D eigenvalue weighted by molar-refractivity contribution is 7.18. The molecule has 1 N–H and O–H groups in total. The van der Waals surface area contributed by atoms with Crippen LogP contribution in [-0.2, 0) is 0 Å². The summed E-state index contributed by atoms with van der Waals surface area (Å²) in [5.74, 6) is 0.249. The molecule has 1 amide bonds. The summed E-state index contributed by atoms with van der Waals surface area (Å²) in [6.45, 7) is 6.08. The van der Waals surface area contributed by atoms with Crippen molar-refractivity contribution < 1.29 is 4.79 Å². The molecular formula is C20H20N4OS. The number of aryl methyl sites for hydroxylation is 3. The van der Waals surface area contributed by atoms with E-state index in [-0.39, 0.29) is 5.91 Å². The number of pyridine rings is 1. The summed E-state index contributed by atoms with van der Waals surface area (Å²) in [6.07, 6.45) is 2.21. The molecule has 0 unspecified atom stereocenters. The smallest absolute Gasteiger partial charge is 0.259 e. The van der Waals surface area contributed by atoms with Crippen molar-refractivity contribution in [3.63, 3.8) is 0 Å². The maximum atomic E-state index is 12.7. The van der Waals surface area contributed by atoms with Gasteiger partial charge in [-0.25, -0.2) is 0 Å². The molecule has 1 aliphatic carbocycles. The highest BCUT2D eigenvalue weighted by atomic mass is 32.1. The Kier molecular flexibility index (Phi) is 4.28. The summed E-state index contributed by atoms with van der Waals surface area (Å²) in [5, 5.41) is 12.6. The molecule has 3 aromatic rings. The van der Waals surface area contributed by atoms with Crippen LogP contribution >= 0.6 is 11.3 Å². The first-order chi connectivity index (χ1) is 12.5. The molecular weight excluding hydrogens is 344 g/mol. The molecule has 1 fully saturated rings. The van der Waals surface area contributed by atoms with Gasteiger partial charge in [-0.3, -0.25) is 15.1 Å². The number of nitrogens with one attached hydrogen (secondary N) is 1. The van der Waals surface area contributed by atoms with E-state index < -0.39 is 0 Å². The van der Waals surface area contributed by atoms with E-state index in [1.165, 1.54) is 16.9 Å². The zero-order valence-corrected chi connectivity index (χ0v) is 15.9. The number of aromatic nitrogens is 3. The second-order valence-corrected chi connectivity index (χ2v) is 7.82. The molecule has 4 rings (SSSR count). The van der Waals surface area contributed by atoms with Crippen LogP contribution in [0.15, 0.2) is 30.3 Å². The van der Waals surface area contributed by atoms with Crippen molar-refractivity contribution in [1.29, 1.82) is 0 Å². The molecule has 0 radical (unpaired) electrons. The van der Waals surface area contributed by atoms with Crippen molar-refractivity contribution in [2.24, 2.45) is 0 Å². The fourth-order valence-electron chi connectivity index (χ4n) is 3.04. The van der Waals surface area contributed by atoms with Gasteiger partial charge in [0.05, 0.1) is 11.3 Å². The SMILES string of the molecule is Cc1ccc(-c2nnc(NC(=O)c3ccc(C)nc3C3CC3)s2)c(C)c1. The zero-order valence-electron chi connectivity index (χ0n) is 15.0. The van der Waals surface area contributed by atoms with E-state index in [1.54, 1.807) is 0 Å². The normalized spacial score (nSPS) is 13.7. The molecule has 1 saturated carbocycles. The molecule has 0 aliphatic heterocycles. The largest absolute Gasteiger partial charge is 0.296 e. The van der Waals surface area contributed by atoms with Crippen molar-refractivity contribution in [1.82, 2.24) is 15.2 Å². The fourth-order valence-corrected chi connectivity index (χ4v) is 3.87. The van der Waals surface area contributed by atoms with E-state index in [9.17, 15) is 4.79 Å². The highest BCUT2D eigenvalue weighted by Gasteiger charge is 2.30. The molecule has 1 aliphatic rings. The van der Waals surface area contributed by atoms with Crippen LogP contribution < -0.4 is 5.32 Å². The first-order valence-electron chi connectivity index (χ1n) is 8.71. The van der Waals surface area contributed by atoms with Crippen molar-refractivity contribution in [3.8, 4) is 10.6 Å². The number of benzene rings is 1. The monoisotopic (exact) mass is 364 g/mol. The Morgan fingerprint density at radius 3 is 2.65 bits per heavy atom. The van der Waals surface area contributed by atoms with E-state index >= 15 is 0 Å². The van der Waals surface area contributed by atoms with Gasteiger partial charge in [-0.1, -0.05) is 35.1 Å². The van der Waals surface area contributed by atoms with Gasteiger partial charge >= 0.3 is 0 Å². The number of amides is 1. The molecule has 0 saturated heterocycles. The van der Waals surface area contributed by atoms with E-state index in [0.29, 0.717) is 16.6 Å². The second-order valence-electron chi connectivity index (χ2n) is 6.84. The maximum Gasteiger partial charge on any atom is 0.259 e. The first kappa shape index (κ1) is 16.8. The number of nitrogens with zero attached hydrogens (tertiary/aromatic N) is 3. The van der Waals surface area contributed by atoms with Gasteiger partial charge in [0.25, 0.3) is 5.91 Å². The summed E-state index contributed by atoms with van der Waals surface area (Å²) in [7, 11) is 0. The van der Waals surface area contributed by atoms with Gasteiger partial charge in [0, 0.05) is 17.2 Å². The van der Waals surface area contributed by atoms with Gasteiger partial charge in [-0.2, -0.15) is 0 Å². The van der Waals surface area contributed by atoms with Crippen molar-refractivity contribution in [2.45, 2.75) is 39.5 Å². The number of hydrogen-bond acceptors (Lipinski definition) is 5. The topological polar surface area (TPSA) is 67.8 Å². The van der Waals surface area contributed by atoms with Gasteiger partial charge in [0.2, 0.25) is 5.13 Å². The van der Waals surface area contributed by atoms with Crippen LogP contribution in [-0.4, -0.2) is 21.1 Å². The van der Waals surface area contributed by atoms with Crippen LogP contribution in [0.4, 0.5) is 5.13 Å². The average Bonchev–Trinajstić information content (AvgIpc) is 3.35. The van der Waals surface area contributed by atoms with Gasteiger partial charge in [0.1, 0.15) is 5.01 Å². The molecule has 26 heavy (non-hydrogen) atoms. The number of anilines is 1. The lowest BCUT2D eigenvalue weighted by molar-refractivity contribution is 0.102. The Morgan fingerprint density at radius 2 is 1.92 bits per heavy atom. The lowest BCUT2D eigenvalue weighted by Gasteiger charge is -2.08. The first-order valence-corrected chi connectivity index (χ1v) is 9.53. The van der Waals surface area contributed by atoms with E-state index in [2.05, 4.69) is 46.5 Å². The minimum absolute atomic E-state index is 0.164. The third-order valence-electron chi connectivity index (χ3n) is 4.53. The molecule has 2 aromatic heterocycles. The average molecular weight is 364 g/mol. The zero-order chi connectivity index (χ0) is 18.3.